The number of nitrogens with one attached hydrogen (secondary N) is 2. The van der Waals surface area contributed by atoms with Crippen molar-refractivity contribution in [3.8, 4) is 28.7 Å². The van der Waals surface area contributed by atoms with Crippen LogP contribution in [-0.4, -0.2) is 37.9 Å². The summed E-state index contributed by atoms with van der Waals surface area (Å²) in [7, 11) is 1.72. The minimum atomic E-state index is 0. The Labute approximate surface area is 198 Å². The smallest absolute Gasteiger partial charge is 0.231 e. The quantitative estimate of drug-likeness (QED) is 0.206. The maximum Gasteiger partial charge on any atom is 0.231 e. The summed E-state index contributed by atoms with van der Waals surface area (Å²) in [6, 6.07) is 13.6. The van der Waals surface area contributed by atoms with Crippen molar-refractivity contribution in [3.63, 3.8) is 0 Å². The van der Waals surface area contributed by atoms with Crippen LogP contribution in [0.4, 0.5) is 0 Å². The lowest BCUT2D eigenvalue weighted by atomic mass is 10.1. The van der Waals surface area contributed by atoms with E-state index in [0.717, 1.165) is 22.8 Å². The highest BCUT2D eigenvalue weighted by molar-refractivity contribution is 14.0. The number of aliphatic imine (C=N–C) groups is 1. The van der Waals surface area contributed by atoms with Crippen molar-refractivity contribution in [3.05, 3.63) is 60.0 Å². The summed E-state index contributed by atoms with van der Waals surface area (Å²) in [5.41, 5.74) is 2.95. The Bertz CT molecular complexity index is 1020. The van der Waals surface area contributed by atoms with Crippen molar-refractivity contribution >= 4 is 29.9 Å². The van der Waals surface area contributed by atoms with Crippen molar-refractivity contribution in [2.75, 3.05) is 27.0 Å². The molecule has 8 nitrogen and oxygen atoms in total. The number of nitrogens with zero attached hydrogens (tertiary/aromatic N) is 2. The number of aryl methyl sites for hydroxylation is 1. The molecule has 0 fully saturated rings. The third kappa shape index (κ3) is 6.03. The highest BCUT2D eigenvalue weighted by Crippen LogP contribution is 2.34. The van der Waals surface area contributed by atoms with E-state index in [1.54, 1.807) is 13.3 Å². The van der Waals surface area contributed by atoms with Crippen LogP contribution in [0, 0.1) is 6.92 Å². The molecule has 9 heteroatoms. The lowest BCUT2D eigenvalue weighted by Gasteiger charge is -2.12. The molecule has 0 aliphatic carbocycles. The number of aromatic nitrogens is 1. The Balaban J connectivity index is 0.00000272. The van der Waals surface area contributed by atoms with Gasteiger partial charge in [-0.15, -0.1) is 24.0 Å². The number of benzene rings is 2. The van der Waals surface area contributed by atoms with E-state index in [-0.39, 0.29) is 30.8 Å². The third-order valence-electron chi connectivity index (χ3n) is 4.52. The van der Waals surface area contributed by atoms with Crippen LogP contribution in [0.15, 0.2) is 58.1 Å². The standard InChI is InChI=1S/C22H24N4O4.HI/c1-15-3-5-16(6-4-15)21-26-17(13-28-21)12-25-22(23-2)24-9-10-27-18-7-8-19-20(11-18)30-14-29-19;/h3-8,11,13H,9-10,12,14H2,1-2H3,(H2,23,24,25);1H. The Morgan fingerprint density at radius 1 is 1.10 bits per heavy atom. The van der Waals surface area contributed by atoms with Crippen molar-refractivity contribution in [2.45, 2.75) is 13.5 Å². The van der Waals surface area contributed by atoms with Crippen LogP contribution in [0.1, 0.15) is 11.3 Å². The molecule has 0 bridgehead atoms. The zero-order valence-electron chi connectivity index (χ0n) is 17.4. The Kier molecular flexibility index (Phi) is 7.99. The first-order valence-corrected chi connectivity index (χ1v) is 9.69. The number of halogens is 1. The zero-order chi connectivity index (χ0) is 20.8. The van der Waals surface area contributed by atoms with E-state index >= 15 is 0 Å². The molecule has 0 saturated carbocycles. The summed E-state index contributed by atoms with van der Waals surface area (Å²) >= 11 is 0. The highest BCUT2D eigenvalue weighted by atomic mass is 127. The van der Waals surface area contributed by atoms with Crippen LogP contribution in [0.2, 0.25) is 0 Å². The van der Waals surface area contributed by atoms with Gasteiger partial charge in [0.2, 0.25) is 12.7 Å². The van der Waals surface area contributed by atoms with E-state index in [1.165, 1.54) is 5.56 Å². The van der Waals surface area contributed by atoms with E-state index in [0.29, 0.717) is 37.3 Å². The molecule has 31 heavy (non-hydrogen) atoms. The summed E-state index contributed by atoms with van der Waals surface area (Å²) in [4.78, 5) is 8.74. The lowest BCUT2D eigenvalue weighted by molar-refractivity contribution is 0.173. The molecule has 0 unspecified atom stereocenters. The van der Waals surface area contributed by atoms with Crippen LogP contribution < -0.4 is 24.8 Å². The summed E-state index contributed by atoms with van der Waals surface area (Å²) in [6.45, 7) is 3.86. The van der Waals surface area contributed by atoms with Gasteiger partial charge < -0.3 is 29.3 Å². The fourth-order valence-corrected chi connectivity index (χ4v) is 2.92. The number of hydrogen-bond acceptors (Lipinski definition) is 6. The van der Waals surface area contributed by atoms with Gasteiger partial charge in [0, 0.05) is 18.7 Å². The van der Waals surface area contributed by atoms with E-state index in [4.69, 9.17) is 18.6 Å². The van der Waals surface area contributed by atoms with Gasteiger partial charge in [0.05, 0.1) is 18.8 Å². The second kappa shape index (κ2) is 10.9. The monoisotopic (exact) mass is 536 g/mol. The molecule has 0 saturated heterocycles. The van der Waals surface area contributed by atoms with Gasteiger partial charge in [0.1, 0.15) is 18.6 Å². The Hall–Kier alpha value is -2.95. The van der Waals surface area contributed by atoms with Crippen molar-refractivity contribution in [2.24, 2.45) is 4.99 Å². The molecule has 2 aromatic carbocycles. The molecule has 0 radical (unpaired) electrons. The zero-order valence-corrected chi connectivity index (χ0v) is 19.7. The van der Waals surface area contributed by atoms with E-state index in [1.807, 2.05) is 49.4 Å². The molecule has 2 N–H and O–H groups in total. The molecule has 1 aromatic heterocycles. The normalized spacial score (nSPS) is 12.3. The van der Waals surface area contributed by atoms with Gasteiger partial charge in [-0.05, 0) is 31.2 Å². The summed E-state index contributed by atoms with van der Waals surface area (Å²) in [6.07, 6.45) is 1.65. The number of fused-ring (bicyclic) bond motifs is 1. The number of guanidine groups is 1. The number of ether oxygens (including phenoxy) is 3. The molecule has 0 amide bonds. The Morgan fingerprint density at radius 2 is 1.90 bits per heavy atom. The third-order valence-corrected chi connectivity index (χ3v) is 4.52. The van der Waals surface area contributed by atoms with Gasteiger partial charge in [0.25, 0.3) is 0 Å². The van der Waals surface area contributed by atoms with Crippen LogP contribution in [0.5, 0.6) is 17.2 Å². The average Bonchev–Trinajstić information content (AvgIpc) is 3.43. The maximum absolute atomic E-state index is 5.74. The molecule has 3 aromatic rings. The van der Waals surface area contributed by atoms with Gasteiger partial charge in [0.15, 0.2) is 17.5 Å². The highest BCUT2D eigenvalue weighted by Gasteiger charge is 2.13. The van der Waals surface area contributed by atoms with Gasteiger partial charge in [-0.1, -0.05) is 17.7 Å². The van der Waals surface area contributed by atoms with Gasteiger partial charge in [-0.2, -0.15) is 0 Å². The molecule has 4 rings (SSSR count). The van der Waals surface area contributed by atoms with Gasteiger partial charge in [-0.25, -0.2) is 4.98 Å². The minimum Gasteiger partial charge on any atom is -0.492 e. The largest absolute Gasteiger partial charge is 0.492 e. The second-order valence-corrected chi connectivity index (χ2v) is 6.73. The van der Waals surface area contributed by atoms with Gasteiger partial charge in [-0.3, -0.25) is 4.99 Å². The number of hydrogen-bond donors (Lipinski definition) is 2. The lowest BCUT2D eigenvalue weighted by Crippen LogP contribution is -2.38. The summed E-state index contributed by atoms with van der Waals surface area (Å²) in [5.74, 6) is 3.44. The summed E-state index contributed by atoms with van der Waals surface area (Å²) in [5, 5.41) is 6.42. The maximum atomic E-state index is 5.74. The number of oxazole rings is 1. The van der Waals surface area contributed by atoms with Crippen LogP contribution >= 0.6 is 24.0 Å². The average molecular weight is 536 g/mol. The van der Waals surface area contributed by atoms with E-state index in [2.05, 4.69) is 20.6 Å². The number of rotatable bonds is 7. The molecule has 1 aliphatic rings. The van der Waals surface area contributed by atoms with E-state index in [9.17, 15) is 0 Å². The van der Waals surface area contributed by atoms with Crippen LogP contribution in [0.25, 0.3) is 11.5 Å². The first-order valence-electron chi connectivity index (χ1n) is 9.69. The fraction of sp³-hybridized carbons (Fsp3) is 0.273. The predicted octanol–water partition coefficient (Wildman–Crippen LogP) is 3.74. The SMILES string of the molecule is CN=C(NCCOc1ccc2c(c1)OCO2)NCc1coc(-c2ccc(C)cc2)n1.I. The molecular formula is C22H25IN4O4. The second-order valence-electron chi connectivity index (χ2n) is 6.73. The molecule has 164 valence electrons. The first kappa shape index (κ1) is 22.7. The molecule has 2 heterocycles. The van der Waals surface area contributed by atoms with Crippen LogP contribution in [-0.2, 0) is 6.54 Å². The Morgan fingerprint density at radius 3 is 2.71 bits per heavy atom. The van der Waals surface area contributed by atoms with E-state index < -0.39 is 0 Å². The molecule has 0 atom stereocenters. The van der Waals surface area contributed by atoms with Crippen LogP contribution in [0.3, 0.4) is 0 Å². The fourth-order valence-electron chi connectivity index (χ4n) is 2.92. The van der Waals surface area contributed by atoms with Crippen molar-refractivity contribution in [1.82, 2.24) is 15.6 Å². The molecular weight excluding hydrogens is 511 g/mol. The minimum absolute atomic E-state index is 0. The predicted molar refractivity (Wildman–Crippen MR) is 128 cm³/mol. The molecule has 0 spiro atoms. The summed E-state index contributed by atoms with van der Waals surface area (Å²) < 4.78 is 22.0. The van der Waals surface area contributed by atoms with Crippen molar-refractivity contribution in [1.29, 1.82) is 0 Å². The first-order chi connectivity index (χ1) is 14.7. The topological polar surface area (TPSA) is 90.1 Å². The van der Waals surface area contributed by atoms with Crippen molar-refractivity contribution < 1.29 is 18.6 Å². The molecule has 1 aliphatic heterocycles. The van der Waals surface area contributed by atoms with Gasteiger partial charge >= 0.3 is 0 Å².